The molecule has 3 rings (SSSR count). The van der Waals surface area contributed by atoms with Crippen molar-refractivity contribution in [3.05, 3.63) is 40.6 Å². The zero-order chi connectivity index (χ0) is 15.0. The average Bonchev–Trinajstić information content (AvgIpc) is 2.87. The van der Waals surface area contributed by atoms with Gasteiger partial charge in [0.05, 0.1) is 4.92 Å². The lowest BCUT2D eigenvalue weighted by atomic mass is 10.1. The summed E-state index contributed by atoms with van der Waals surface area (Å²) in [5, 5.41) is 12.0. The molecule has 0 spiro atoms. The van der Waals surface area contributed by atoms with Crippen LogP contribution in [0.4, 0.5) is 11.4 Å². The van der Waals surface area contributed by atoms with E-state index in [1.165, 1.54) is 0 Å². The number of fused-ring (bicyclic) bond motifs is 1. The molecule has 0 saturated carbocycles. The van der Waals surface area contributed by atoms with Crippen LogP contribution in [0.25, 0.3) is 10.9 Å². The quantitative estimate of drug-likeness (QED) is 0.691. The van der Waals surface area contributed by atoms with Gasteiger partial charge in [-0.1, -0.05) is 0 Å². The van der Waals surface area contributed by atoms with Crippen LogP contribution in [0, 0.1) is 16.0 Å². The van der Waals surface area contributed by atoms with E-state index < -0.39 is 0 Å². The molecule has 1 aromatic heterocycles. The summed E-state index contributed by atoms with van der Waals surface area (Å²) in [5.41, 5.74) is 7.29. The van der Waals surface area contributed by atoms with Crippen LogP contribution >= 0.6 is 0 Å². The number of nitrogens with zero attached hydrogens (tertiary/aromatic N) is 3. The van der Waals surface area contributed by atoms with Gasteiger partial charge < -0.3 is 10.6 Å². The van der Waals surface area contributed by atoms with Crippen LogP contribution < -0.4 is 10.6 Å². The third-order valence-electron chi connectivity index (χ3n) is 4.23. The highest BCUT2D eigenvalue weighted by molar-refractivity contribution is 5.97. The van der Waals surface area contributed by atoms with Crippen molar-refractivity contribution < 1.29 is 4.92 Å². The van der Waals surface area contributed by atoms with Crippen LogP contribution in [0.2, 0.25) is 0 Å². The van der Waals surface area contributed by atoms with Crippen LogP contribution in [0.1, 0.15) is 13.3 Å². The second-order valence-corrected chi connectivity index (χ2v) is 5.60. The molecule has 6 nitrogen and oxygen atoms in total. The number of non-ortho nitro benzene ring substituents is 1. The minimum atomic E-state index is -0.380. The predicted octanol–water partition coefficient (Wildman–Crippen LogP) is 2.32. The van der Waals surface area contributed by atoms with Crippen molar-refractivity contribution in [2.45, 2.75) is 19.4 Å². The Balaban J connectivity index is 2.12. The van der Waals surface area contributed by atoms with E-state index in [1.54, 1.807) is 12.3 Å². The number of rotatable bonds is 3. The molecule has 1 aliphatic heterocycles. The molecule has 2 N–H and O–H groups in total. The van der Waals surface area contributed by atoms with Crippen molar-refractivity contribution in [3.63, 3.8) is 0 Å². The minimum absolute atomic E-state index is 0.0524. The zero-order valence-corrected chi connectivity index (χ0v) is 11.9. The van der Waals surface area contributed by atoms with Gasteiger partial charge in [0.2, 0.25) is 0 Å². The van der Waals surface area contributed by atoms with Gasteiger partial charge in [-0.15, -0.1) is 0 Å². The van der Waals surface area contributed by atoms with Gasteiger partial charge >= 0.3 is 0 Å². The SMILES string of the molecule is CC1CC(CN)CN1c1ccc([N+](=O)[O-])c2ncccc12. The summed E-state index contributed by atoms with van der Waals surface area (Å²) in [7, 11) is 0. The van der Waals surface area contributed by atoms with Crippen molar-refractivity contribution >= 4 is 22.3 Å². The van der Waals surface area contributed by atoms with Crippen LogP contribution in [0.5, 0.6) is 0 Å². The monoisotopic (exact) mass is 286 g/mol. The molecule has 1 aromatic carbocycles. The summed E-state index contributed by atoms with van der Waals surface area (Å²) in [4.78, 5) is 17.3. The van der Waals surface area contributed by atoms with Gasteiger partial charge in [-0.2, -0.15) is 0 Å². The van der Waals surface area contributed by atoms with E-state index in [1.807, 2.05) is 18.2 Å². The van der Waals surface area contributed by atoms with E-state index in [0.717, 1.165) is 24.0 Å². The molecule has 2 heterocycles. The number of nitro benzene ring substituents is 1. The predicted molar refractivity (Wildman–Crippen MR) is 82.4 cm³/mol. The van der Waals surface area contributed by atoms with Gasteiger partial charge in [-0.3, -0.25) is 10.1 Å². The number of nitro groups is 1. The molecule has 0 amide bonds. The van der Waals surface area contributed by atoms with Crippen LogP contribution in [-0.4, -0.2) is 29.0 Å². The van der Waals surface area contributed by atoms with E-state index in [-0.39, 0.29) is 10.6 Å². The number of pyridine rings is 1. The van der Waals surface area contributed by atoms with Crippen molar-refractivity contribution in [2.75, 3.05) is 18.0 Å². The Kier molecular flexibility index (Phi) is 3.47. The number of aromatic nitrogens is 1. The first-order chi connectivity index (χ1) is 10.1. The lowest BCUT2D eigenvalue weighted by Gasteiger charge is -2.25. The van der Waals surface area contributed by atoms with Crippen molar-refractivity contribution in [1.82, 2.24) is 4.98 Å². The van der Waals surface area contributed by atoms with Gasteiger partial charge in [-0.05, 0) is 44.0 Å². The summed E-state index contributed by atoms with van der Waals surface area (Å²) in [5.74, 6) is 0.474. The lowest BCUT2D eigenvalue weighted by Crippen LogP contribution is -2.27. The molecule has 110 valence electrons. The van der Waals surface area contributed by atoms with Gasteiger partial charge in [-0.25, -0.2) is 4.98 Å². The summed E-state index contributed by atoms with van der Waals surface area (Å²) >= 11 is 0. The van der Waals surface area contributed by atoms with Crippen LogP contribution in [0.3, 0.4) is 0 Å². The largest absolute Gasteiger partial charge is 0.368 e. The number of hydrogen-bond donors (Lipinski definition) is 1. The third-order valence-corrected chi connectivity index (χ3v) is 4.23. The second-order valence-electron chi connectivity index (χ2n) is 5.60. The first kappa shape index (κ1) is 13.8. The Morgan fingerprint density at radius 3 is 2.95 bits per heavy atom. The topological polar surface area (TPSA) is 85.3 Å². The van der Waals surface area contributed by atoms with Crippen LogP contribution in [0.15, 0.2) is 30.5 Å². The first-order valence-electron chi connectivity index (χ1n) is 7.10. The average molecular weight is 286 g/mol. The highest BCUT2D eigenvalue weighted by Gasteiger charge is 2.30. The molecule has 2 atom stereocenters. The maximum absolute atomic E-state index is 11.1. The molecule has 1 fully saturated rings. The van der Waals surface area contributed by atoms with E-state index in [4.69, 9.17) is 5.73 Å². The summed E-state index contributed by atoms with van der Waals surface area (Å²) in [6.07, 6.45) is 2.64. The second kappa shape index (κ2) is 5.29. The molecule has 0 bridgehead atoms. The van der Waals surface area contributed by atoms with Gasteiger partial charge in [0.25, 0.3) is 5.69 Å². The zero-order valence-electron chi connectivity index (χ0n) is 11.9. The van der Waals surface area contributed by atoms with Gasteiger partial charge in [0.1, 0.15) is 5.52 Å². The fourth-order valence-corrected chi connectivity index (χ4v) is 3.19. The molecular weight excluding hydrogens is 268 g/mol. The molecule has 21 heavy (non-hydrogen) atoms. The third kappa shape index (κ3) is 2.31. The molecular formula is C15H18N4O2. The van der Waals surface area contributed by atoms with Crippen molar-refractivity contribution in [3.8, 4) is 0 Å². The Morgan fingerprint density at radius 2 is 2.29 bits per heavy atom. The Hall–Kier alpha value is -2.21. The van der Waals surface area contributed by atoms with E-state index in [9.17, 15) is 10.1 Å². The number of hydrogen-bond acceptors (Lipinski definition) is 5. The Morgan fingerprint density at radius 1 is 1.48 bits per heavy atom. The van der Waals surface area contributed by atoms with Crippen molar-refractivity contribution in [1.29, 1.82) is 0 Å². The normalized spacial score (nSPS) is 21.9. The fourth-order valence-electron chi connectivity index (χ4n) is 3.19. The molecule has 1 aliphatic rings. The number of anilines is 1. The van der Waals surface area contributed by atoms with Gasteiger partial charge in [0, 0.05) is 35.9 Å². The highest BCUT2D eigenvalue weighted by Crippen LogP contribution is 2.36. The Labute approximate surface area is 122 Å². The summed E-state index contributed by atoms with van der Waals surface area (Å²) in [6, 6.07) is 7.47. The van der Waals surface area contributed by atoms with Crippen LogP contribution in [-0.2, 0) is 0 Å². The molecule has 2 unspecified atom stereocenters. The molecule has 6 heteroatoms. The van der Waals surface area contributed by atoms with E-state index in [0.29, 0.717) is 24.0 Å². The smallest absolute Gasteiger partial charge is 0.295 e. The molecule has 2 aromatic rings. The maximum Gasteiger partial charge on any atom is 0.295 e. The summed E-state index contributed by atoms with van der Waals surface area (Å²) < 4.78 is 0. The number of benzene rings is 1. The molecule has 0 radical (unpaired) electrons. The standard InChI is InChI=1S/C15H18N4O2/c1-10-7-11(8-16)9-18(10)13-4-5-14(19(20)21)15-12(13)3-2-6-17-15/h2-6,10-11H,7-9,16H2,1H3. The van der Waals surface area contributed by atoms with Crippen molar-refractivity contribution in [2.24, 2.45) is 11.7 Å². The Bertz CT molecular complexity index is 688. The highest BCUT2D eigenvalue weighted by atomic mass is 16.6. The minimum Gasteiger partial charge on any atom is -0.368 e. The summed E-state index contributed by atoms with van der Waals surface area (Å²) in [6.45, 7) is 3.72. The van der Waals surface area contributed by atoms with E-state index in [2.05, 4.69) is 16.8 Å². The first-order valence-corrected chi connectivity index (χ1v) is 7.10. The van der Waals surface area contributed by atoms with Gasteiger partial charge in [0.15, 0.2) is 0 Å². The lowest BCUT2D eigenvalue weighted by molar-refractivity contribution is -0.383. The number of nitrogens with two attached hydrogens (primary N) is 1. The maximum atomic E-state index is 11.1. The molecule has 1 saturated heterocycles. The molecule has 0 aliphatic carbocycles. The van der Waals surface area contributed by atoms with E-state index >= 15 is 0 Å². The fraction of sp³-hybridized carbons (Fsp3) is 0.400.